The van der Waals surface area contributed by atoms with Crippen molar-refractivity contribution in [3.8, 4) is 5.75 Å². The molecule has 3 heteroatoms. The molecule has 0 spiro atoms. The highest BCUT2D eigenvalue weighted by atomic mass is 16.5. The minimum Gasteiger partial charge on any atom is -0.491 e. The zero-order chi connectivity index (χ0) is 10.2. The van der Waals surface area contributed by atoms with Gasteiger partial charge in [0.1, 0.15) is 12.4 Å². The third-order valence-corrected chi connectivity index (χ3v) is 1.86. The van der Waals surface area contributed by atoms with Gasteiger partial charge < -0.3 is 10.1 Å². The van der Waals surface area contributed by atoms with Crippen molar-refractivity contribution in [1.82, 2.24) is 10.3 Å². The minimum atomic E-state index is 0.699. The van der Waals surface area contributed by atoms with E-state index in [1.807, 2.05) is 19.1 Å². The number of rotatable bonds is 6. The fourth-order valence-electron chi connectivity index (χ4n) is 1.08. The van der Waals surface area contributed by atoms with Gasteiger partial charge in [-0.25, -0.2) is 0 Å². The van der Waals surface area contributed by atoms with Crippen LogP contribution in [0.4, 0.5) is 0 Å². The highest BCUT2D eigenvalue weighted by molar-refractivity contribution is 5.18. The molecule has 0 unspecified atom stereocenters. The Morgan fingerprint density at radius 2 is 2.21 bits per heavy atom. The normalized spacial score (nSPS) is 10.1. The Labute approximate surface area is 85.5 Å². The van der Waals surface area contributed by atoms with E-state index in [1.54, 1.807) is 6.20 Å². The number of nitrogens with one attached hydrogen (secondary N) is 1. The van der Waals surface area contributed by atoms with Crippen LogP contribution in [0, 0.1) is 6.92 Å². The van der Waals surface area contributed by atoms with Crippen LogP contribution in [0.3, 0.4) is 0 Å². The first-order valence-electron chi connectivity index (χ1n) is 5.09. The fourth-order valence-corrected chi connectivity index (χ4v) is 1.08. The van der Waals surface area contributed by atoms with Crippen LogP contribution in [0.5, 0.6) is 5.75 Å². The van der Waals surface area contributed by atoms with Crippen LogP contribution in [-0.2, 0) is 0 Å². The fraction of sp³-hybridized carbons (Fsp3) is 0.545. The smallest absolute Gasteiger partial charge is 0.137 e. The van der Waals surface area contributed by atoms with Gasteiger partial charge in [-0.05, 0) is 32.0 Å². The van der Waals surface area contributed by atoms with Gasteiger partial charge in [-0.1, -0.05) is 6.92 Å². The van der Waals surface area contributed by atoms with E-state index in [-0.39, 0.29) is 0 Å². The third kappa shape index (κ3) is 4.23. The average Bonchev–Trinajstić information content (AvgIpc) is 2.21. The van der Waals surface area contributed by atoms with E-state index in [0.717, 1.165) is 31.0 Å². The monoisotopic (exact) mass is 194 g/mol. The van der Waals surface area contributed by atoms with Gasteiger partial charge in [0.15, 0.2) is 0 Å². The summed E-state index contributed by atoms with van der Waals surface area (Å²) >= 11 is 0. The van der Waals surface area contributed by atoms with Crippen molar-refractivity contribution in [2.24, 2.45) is 0 Å². The van der Waals surface area contributed by atoms with Crippen LogP contribution < -0.4 is 10.1 Å². The van der Waals surface area contributed by atoms with E-state index in [0.29, 0.717) is 6.61 Å². The largest absolute Gasteiger partial charge is 0.491 e. The molecule has 1 N–H and O–H groups in total. The molecule has 78 valence electrons. The van der Waals surface area contributed by atoms with Gasteiger partial charge in [-0.15, -0.1) is 0 Å². The average molecular weight is 194 g/mol. The zero-order valence-electron chi connectivity index (χ0n) is 8.92. The van der Waals surface area contributed by atoms with E-state index < -0.39 is 0 Å². The van der Waals surface area contributed by atoms with Crippen LogP contribution in [0.15, 0.2) is 18.3 Å². The number of pyridine rings is 1. The summed E-state index contributed by atoms with van der Waals surface area (Å²) in [6, 6.07) is 3.90. The second kappa shape index (κ2) is 6.38. The first-order valence-corrected chi connectivity index (χ1v) is 5.09. The number of ether oxygens (including phenoxy) is 1. The first-order chi connectivity index (χ1) is 6.83. The summed E-state index contributed by atoms with van der Waals surface area (Å²) in [5, 5.41) is 3.27. The molecule has 1 aromatic rings. The summed E-state index contributed by atoms with van der Waals surface area (Å²) in [6.45, 7) is 6.76. The highest BCUT2D eigenvalue weighted by Gasteiger charge is 1.92. The molecule has 1 heterocycles. The van der Waals surface area contributed by atoms with Gasteiger partial charge in [0.2, 0.25) is 0 Å². The predicted molar refractivity (Wildman–Crippen MR) is 57.6 cm³/mol. The Balaban J connectivity index is 2.15. The van der Waals surface area contributed by atoms with E-state index in [9.17, 15) is 0 Å². The maximum atomic E-state index is 5.48. The third-order valence-electron chi connectivity index (χ3n) is 1.86. The van der Waals surface area contributed by atoms with Crippen molar-refractivity contribution < 1.29 is 4.74 Å². The summed E-state index contributed by atoms with van der Waals surface area (Å²) < 4.78 is 5.48. The van der Waals surface area contributed by atoms with Crippen LogP contribution in [0.1, 0.15) is 19.0 Å². The molecule has 0 fully saturated rings. The van der Waals surface area contributed by atoms with Crippen molar-refractivity contribution in [2.75, 3.05) is 19.7 Å². The molecule has 0 amide bonds. The summed E-state index contributed by atoms with van der Waals surface area (Å²) in [4.78, 5) is 4.15. The van der Waals surface area contributed by atoms with Crippen molar-refractivity contribution in [3.05, 3.63) is 24.0 Å². The molecule has 0 atom stereocenters. The quantitative estimate of drug-likeness (QED) is 0.701. The summed E-state index contributed by atoms with van der Waals surface area (Å²) in [5.74, 6) is 0.842. The van der Waals surface area contributed by atoms with E-state index >= 15 is 0 Å². The molecule has 0 saturated heterocycles. The molecule has 14 heavy (non-hydrogen) atoms. The van der Waals surface area contributed by atoms with Gasteiger partial charge in [0.05, 0.1) is 6.20 Å². The van der Waals surface area contributed by atoms with Gasteiger partial charge in [0.25, 0.3) is 0 Å². The molecule has 3 nitrogen and oxygen atoms in total. The lowest BCUT2D eigenvalue weighted by Gasteiger charge is -2.06. The van der Waals surface area contributed by atoms with E-state index in [4.69, 9.17) is 4.74 Å². The zero-order valence-corrected chi connectivity index (χ0v) is 8.92. The second-order valence-electron chi connectivity index (χ2n) is 3.23. The first kappa shape index (κ1) is 11.0. The van der Waals surface area contributed by atoms with Gasteiger partial charge in [-0.2, -0.15) is 0 Å². The Morgan fingerprint density at radius 3 is 2.86 bits per heavy atom. The van der Waals surface area contributed by atoms with Crippen LogP contribution in [0.2, 0.25) is 0 Å². The second-order valence-corrected chi connectivity index (χ2v) is 3.23. The number of hydrogen-bond acceptors (Lipinski definition) is 3. The number of nitrogens with zero attached hydrogens (tertiary/aromatic N) is 1. The Kier molecular flexibility index (Phi) is 5.00. The molecule has 0 bridgehead atoms. The van der Waals surface area contributed by atoms with Crippen molar-refractivity contribution >= 4 is 0 Å². The Morgan fingerprint density at radius 1 is 1.36 bits per heavy atom. The molecular formula is C11H18N2O. The van der Waals surface area contributed by atoms with Crippen LogP contribution >= 0.6 is 0 Å². The highest BCUT2D eigenvalue weighted by Crippen LogP contribution is 2.07. The number of aryl methyl sites for hydroxylation is 1. The molecule has 0 aliphatic carbocycles. The molecule has 0 aliphatic rings. The van der Waals surface area contributed by atoms with Gasteiger partial charge in [-0.3, -0.25) is 4.98 Å². The predicted octanol–water partition coefficient (Wildman–Crippen LogP) is 1.77. The standard InChI is InChI=1S/C11H18N2O/c1-3-6-12-7-8-14-11-5-4-10(2)13-9-11/h4-5,9,12H,3,6-8H2,1-2H3. The molecule has 1 aromatic heterocycles. The number of hydrogen-bond donors (Lipinski definition) is 1. The van der Waals surface area contributed by atoms with Crippen molar-refractivity contribution in [2.45, 2.75) is 20.3 Å². The maximum Gasteiger partial charge on any atom is 0.137 e. The van der Waals surface area contributed by atoms with Crippen LogP contribution in [-0.4, -0.2) is 24.7 Å². The number of aromatic nitrogens is 1. The molecule has 0 saturated carbocycles. The topological polar surface area (TPSA) is 34.1 Å². The molecule has 0 aliphatic heterocycles. The molecule has 0 radical (unpaired) electrons. The summed E-state index contributed by atoms with van der Waals surface area (Å²) in [7, 11) is 0. The summed E-state index contributed by atoms with van der Waals surface area (Å²) in [6.07, 6.45) is 2.92. The lowest BCUT2D eigenvalue weighted by molar-refractivity contribution is 0.313. The molecular weight excluding hydrogens is 176 g/mol. The van der Waals surface area contributed by atoms with Gasteiger partial charge >= 0.3 is 0 Å². The van der Waals surface area contributed by atoms with E-state index in [2.05, 4.69) is 17.2 Å². The van der Waals surface area contributed by atoms with Crippen LogP contribution in [0.25, 0.3) is 0 Å². The van der Waals surface area contributed by atoms with Crippen molar-refractivity contribution in [3.63, 3.8) is 0 Å². The SMILES string of the molecule is CCCNCCOc1ccc(C)nc1. The van der Waals surface area contributed by atoms with Gasteiger partial charge in [0, 0.05) is 12.2 Å². The lowest BCUT2D eigenvalue weighted by atomic mass is 10.4. The molecule has 0 aromatic carbocycles. The minimum absolute atomic E-state index is 0.699. The van der Waals surface area contributed by atoms with E-state index in [1.165, 1.54) is 0 Å². The van der Waals surface area contributed by atoms with Crippen molar-refractivity contribution in [1.29, 1.82) is 0 Å². The lowest BCUT2D eigenvalue weighted by Crippen LogP contribution is -2.21. The molecule has 1 rings (SSSR count). The Bertz CT molecular complexity index is 246. The Hall–Kier alpha value is -1.09. The summed E-state index contributed by atoms with van der Waals surface area (Å²) in [5.41, 5.74) is 1.02. The maximum absolute atomic E-state index is 5.48.